The maximum absolute atomic E-state index is 13.1. The lowest BCUT2D eigenvalue weighted by atomic mass is 9.98. The number of H-pyrrole nitrogens is 2. The molecule has 0 spiro atoms. The molecule has 1 atom stereocenters. The van der Waals surface area contributed by atoms with Crippen LogP contribution in [0.1, 0.15) is 53.5 Å². The van der Waals surface area contributed by atoms with E-state index >= 15 is 0 Å². The molecule has 2 aromatic heterocycles. The summed E-state index contributed by atoms with van der Waals surface area (Å²) in [7, 11) is 4.00. The predicted molar refractivity (Wildman–Crippen MR) is 129 cm³/mol. The SMILES string of the molecule is CN(C)c1ccc(CCC(=O)N2CCCC[C@H]2c2cc(NC(=O)c3c[nH]c(=O)cn3)n[nH]2)cc1. The fourth-order valence-electron chi connectivity index (χ4n) is 4.13. The van der Waals surface area contributed by atoms with Crippen molar-refractivity contribution in [3.8, 4) is 0 Å². The van der Waals surface area contributed by atoms with Crippen LogP contribution in [-0.4, -0.2) is 57.5 Å². The molecule has 1 fully saturated rings. The van der Waals surface area contributed by atoms with Crippen molar-refractivity contribution < 1.29 is 9.59 Å². The molecule has 3 aromatic rings. The van der Waals surface area contributed by atoms with E-state index in [-0.39, 0.29) is 23.2 Å². The number of amides is 2. The zero-order valence-corrected chi connectivity index (χ0v) is 19.4. The molecular formula is C24H29N7O3. The molecule has 10 nitrogen and oxygen atoms in total. The van der Waals surface area contributed by atoms with Gasteiger partial charge in [-0.05, 0) is 43.4 Å². The summed E-state index contributed by atoms with van der Waals surface area (Å²) < 4.78 is 0. The second-order valence-electron chi connectivity index (χ2n) is 8.62. The Balaban J connectivity index is 1.39. The van der Waals surface area contributed by atoms with Crippen LogP contribution in [0.2, 0.25) is 0 Å². The van der Waals surface area contributed by atoms with Gasteiger partial charge in [0.25, 0.3) is 11.5 Å². The van der Waals surface area contributed by atoms with Crippen LogP contribution in [-0.2, 0) is 11.2 Å². The number of carbonyl (C=O) groups excluding carboxylic acids is 2. The normalized spacial score (nSPS) is 15.7. The van der Waals surface area contributed by atoms with Crippen molar-refractivity contribution in [3.63, 3.8) is 0 Å². The molecule has 0 aliphatic carbocycles. The van der Waals surface area contributed by atoms with E-state index in [2.05, 4.69) is 49.7 Å². The molecule has 0 unspecified atom stereocenters. The number of aromatic amines is 2. The average molecular weight is 464 g/mol. The van der Waals surface area contributed by atoms with Gasteiger partial charge in [-0.2, -0.15) is 5.10 Å². The molecule has 1 aliphatic rings. The van der Waals surface area contributed by atoms with Gasteiger partial charge >= 0.3 is 0 Å². The van der Waals surface area contributed by atoms with Crippen LogP contribution in [0, 0.1) is 0 Å². The van der Waals surface area contributed by atoms with Crippen molar-refractivity contribution in [2.75, 3.05) is 30.9 Å². The van der Waals surface area contributed by atoms with Gasteiger partial charge in [-0.15, -0.1) is 0 Å². The Kier molecular flexibility index (Phi) is 7.05. The molecule has 0 radical (unpaired) electrons. The van der Waals surface area contributed by atoms with Gasteiger partial charge in [-0.3, -0.25) is 19.5 Å². The number of aryl methyl sites for hydroxylation is 1. The molecule has 34 heavy (non-hydrogen) atoms. The summed E-state index contributed by atoms with van der Waals surface area (Å²) >= 11 is 0. The number of likely N-dealkylation sites (tertiary alicyclic amines) is 1. The lowest BCUT2D eigenvalue weighted by molar-refractivity contribution is -0.135. The lowest BCUT2D eigenvalue weighted by Gasteiger charge is -2.35. The Morgan fingerprint density at radius 3 is 2.71 bits per heavy atom. The summed E-state index contributed by atoms with van der Waals surface area (Å²) in [5.74, 6) is -0.0304. The molecule has 0 saturated carbocycles. The van der Waals surface area contributed by atoms with Gasteiger partial charge in [-0.1, -0.05) is 12.1 Å². The van der Waals surface area contributed by atoms with E-state index in [1.54, 1.807) is 6.07 Å². The molecule has 3 heterocycles. The molecule has 4 rings (SSSR count). The van der Waals surface area contributed by atoms with Gasteiger partial charge in [0.2, 0.25) is 5.91 Å². The van der Waals surface area contributed by atoms with Gasteiger partial charge in [-0.25, -0.2) is 4.98 Å². The fourth-order valence-corrected chi connectivity index (χ4v) is 4.13. The van der Waals surface area contributed by atoms with Crippen LogP contribution in [0.25, 0.3) is 0 Å². The van der Waals surface area contributed by atoms with Crippen molar-refractivity contribution in [1.82, 2.24) is 25.1 Å². The van der Waals surface area contributed by atoms with Gasteiger partial charge in [0.1, 0.15) is 5.69 Å². The average Bonchev–Trinajstić information content (AvgIpc) is 3.31. The van der Waals surface area contributed by atoms with Crippen molar-refractivity contribution in [2.45, 2.75) is 38.1 Å². The minimum absolute atomic E-state index is 0.0808. The fraction of sp³-hybridized carbons (Fsp3) is 0.375. The molecule has 1 aromatic carbocycles. The number of hydrogen-bond acceptors (Lipinski definition) is 6. The first-order valence-electron chi connectivity index (χ1n) is 11.4. The molecular weight excluding hydrogens is 434 g/mol. The molecule has 0 bridgehead atoms. The Bertz CT molecular complexity index is 1180. The van der Waals surface area contributed by atoms with Gasteiger partial charge in [0.15, 0.2) is 5.82 Å². The van der Waals surface area contributed by atoms with Crippen molar-refractivity contribution in [3.05, 3.63) is 70.0 Å². The molecule has 178 valence electrons. The summed E-state index contributed by atoms with van der Waals surface area (Å²) in [5.41, 5.74) is 2.75. The zero-order valence-electron chi connectivity index (χ0n) is 19.4. The van der Waals surface area contributed by atoms with Crippen molar-refractivity contribution >= 4 is 23.3 Å². The highest BCUT2D eigenvalue weighted by Crippen LogP contribution is 2.31. The molecule has 2 amide bonds. The van der Waals surface area contributed by atoms with E-state index in [4.69, 9.17) is 0 Å². The number of piperidine rings is 1. The van der Waals surface area contributed by atoms with E-state index in [9.17, 15) is 14.4 Å². The monoisotopic (exact) mass is 463 g/mol. The van der Waals surface area contributed by atoms with Gasteiger partial charge in [0, 0.05) is 45.0 Å². The van der Waals surface area contributed by atoms with E-state index in [0.717, 1.165) is 42.4 Å². The van der Waals surface area contributed by atoms with Crippen LogP contribution in [0.3, 0.4) is 0 Å². The number of nitrogens with zero attached hydrogens (tertiary/aromatic N) is 4. The number of aromatic nitrogens is 4. The van der Waals surface area contributed by atoms with E-state index in [1.165, 1.54) is 6.20 Å². The number of benzene rings is 1. The Hall–Kier alpha value is -3.95. The number of nitrogens with one attached hydrogen (secondary N) is 3. The highest BCUT2D eigenvalue weighted by molar-refractivity contribution is 6.02. The quantitative estimate of drug-likeness (QED) is 0.494. The number of carbonyl (C=O) groups is 2. The summed E-state index contributed by atoms with van der Waals surface area (Å²) in [4.78, 5) is 46.8. The van der Waals surface area contributed by atoms with Gasteiger partial charge in [0.05, 0.1) is 17.9 Å². The van der Waals surface area contributed by atoms with Gasteiger partial charge < -0.3 is 20.1 Å². The first kappa shape index (κ1) is 23.2. The first-order valence-corrected chi connectivity index (χ1v) is 11.4. The van der Waals surface area contributed by atoms with Crippen molar-refractivity contribution in [1.29, 1.82) is 0 Å². The minimum Gasteiger partial charge on any atom is -0.378 e. The minimum atomic E-state index is -0.480. The zero-order chi connectivity index (χ0) is 24.1. The maximum atomic E-state index is 13.1. The third-order valence-corrected chi connectivity index (χ3v) is 6.01. The summed E-state index contributed by atoms with van der Waals surface area (Å²) in [5, 5.41) is 9.83. The summed E-state index contributed by atoms with van der Waals surface area (Å²) in [6, 6.07) is 9.90. The predicted octanol–water partition coefficient (Wildman–Crippen LogP) is 2.50. The standard InChI is InChI=1S/C24H29N7O3/c1-30(2)17-9-6-16(7-10-17)8-11-23(33)31-12-4-3-5-20(31)18-13-21(29-28-18)27-24(34)19-14-26-22(32)15-25-19/h6-7,9-10,13-15,20H,3-5,8,11-12H2,1-2H3,(H,26,32)(H2,27,28,29,34)/t20-/m0/s1. The first-order chi connectivity index (χ1) is 16.4. The molecule has 3 N–H and O–H groups in total. The Morgan fingerprint density at radius 1 is 1.21 bits per heavy atom. The second kappa shape index (κ2) is 10.3. The van der Waals surface area contributed by atoms with Crippen molar-refractivity contribution in [2.24, 2.45) is 0 Å². The highest BCUT2D eigenvalue weighted by Gasteiger charge is 2.29. The third-order valence-electron chi connectivity index (χ3n) is 6.01. The third kappa shape index (κ3) is 5.51. The van der Waals surface area contributed by atoms with E-state index in [0.29, 0.717) is 25.2 Å². The smallest absolute Gasteiger partial charge is 0.276 e. The van der Waals surface area contributed by atoms with Crippen LogP contribution in [0.5, 0.6) is 0 Å². The largest absolute Gasteiger partial charge is 0.378 e. The maximum Gasteiger partial charge on any atom is 0.276 e. The molecule has 1 saturated heterocycles. The van der Waals surface area contributed by atoms with Crippen LogP contribution in [0.15, 0.2) is 47.5 Å². The Labute approximate surface area is 197 Å². The highest BCUT2D eigenvalue weighted by atomic mass is 16.2. The summed E-state index contributed by atoms with van der Waals surface area (Å²) in [6.07, 6.45) is 6.24. The number of hydrogen-bond donors (Lipinski definition) is 3. The lowest BCUT2D eigenvalue weighted by Crippen LogP contribution is -2.38. The van der Waals surface area contributed by atoms with E-state index in [1.807, 2.05) is 23.9 Å². The van der Waals surface area contributed by atoms with E-state index < -0.39 is 5.91 Å². The van der Waals surface area contributed by atoms with Crippen LogP contribution < -0.4 is 15.8 Å². The number of anilines is 2. The molecule has 10 heteroatoms. The molecule has 1 aliphatic heterocycles. The van der Waals surface area contributed by atoms with Crippen LogP contribution in [0.4, 0.5) is 11.5 Å². The topological polar surface area (TPSA) is 127 Å². The number of rotatable bonds is 7. The Morgan fingerprint density at radius 2 is 2.00 bits per heavy atom. The summed E-state index contributed by atoms with van der Waals surface area (Å²) in [6.45, 7) is 0.699. The van der Waals surface area contributed by atoms with Crippen LogP contribution >= 0.6 is 0 Å². The second-order valence-corrected chi connectivity index (χ2v) is 8.62.